The fourth-order valence-electron chi connectivity index (χ4n) is 5.64. The summed E-state index contributed by atoms with van der Waals surface area (Å²) in [4.78, 5) is 18.7. The van der Waals surface area contributed by atoms with Gasteiger partial charge in [-0.3, -0.25) is 19.5 Å². The maximum atomic E-state index is 14.4. The Morgan fingerprint density at radius 1 is 1.20 bits per heavy atom. The molecule has 46 heavy (non-hydrogen) atoms. The maximum absolute atomic E-state index is 14.4. The van der Waals surface area contributed by atoms with Gasteiger partial charge in [-0.1, -0.05) is 43.7 Å². The Morgan fingerprint density at radius 3 is 2.59 bits per heavy atom. The zero-order valence-corrected chi connectivity index (χ0v) is 26.5. The smallest absolute Gasteiger partial charge is 0.420 e. The maximum Gasteiger partial charge on any atom is 0.420 e. The number of rotatable bonds is 11. The Hall–Kier alpha value is -4.07. The number of aliphatic carboxylic acids is 1. The molecule has 4 N–H and O–H groups in total. The van der Waals surface area contributed by atoms with E-state index in [9.17, 15) is 31.5 Å². The van der Waals surface area contributed by atoms with Crippen LogP contribution in [0.5, 0.6) is 5.75 Å². The Labute approximate surface area is 267 Å². The second kappa shape index (κ2) is 15.0. The van der Waals surface area contributed by atoms with E-state index in [2.05, 4.69) is 9.89 Å². The van der Waals surface area contributed by atoms with E-state index in [-0.39, 0.29) is 17.9 Å². The second-order valence-corrected chi connectivity index (χ2v) is 13.4. The van der Waals surface area contributed by atoms with Crippen molar-refractivity contribution >= 4 is 39.4 Å². The zero-order valence-electron chi connectivity index (χ0n) is 25.7. The highest BCUT2D eigenvalue weighted by molar-refractivity contribution is 7.94. The van der Waals surface area contributed by atoms with Gasteiger partial charge in [-0.2, -0.15) is 13.2 Å². The number of carboxylic acids is 1. The van der Waals surface area contributed by atoms with Crippen LogP contribution in [0.15, 0.2) is 53.5 Å². The number of ether oxygens (including phenoxy) is 1. The Kier molecular flexibility index (Phi) is 11.4. The molecule has 0 amide bonds. The minimum atomic E-state index is -4.88. The standard InChI is InChI=1S/C32H40F3N5O5S/c1-2-28(31(41)42)46(43,44)40(17-7-9-22-8-6-10-23(20-22)30(36)37)24-12-13-27(26(21-24)32(33,34)35)45-25-14-18-39(19-15-25)29-11-4-3-5-16-38-29/h6-10,12-13,20-21,25,28H,2-5,11,14-19H2,1H3,(H3,36,37)(H,41,42)/b9-7+. The van der Waals surface area contributed by atoms with Gasteiger partial charge in [0.15, 0.2) is 5.25 Å². The largest absolute Gasteiger partial charge is 0.490 e. The summed E-state index contributed by atoms with van der Waals surface area (Å²) in [7, 11) is -4.66. The number of halogens is 3. The van der Waals surface area contributed by atoms with Gasteiger partial charge in [0.1, 0.15) is 17.7 Å². The van der Waals surface area contributed by atoms with Crippen LogP contribution in [0, 0.1) is 5.41 Å². The molecule has 0 saturated carbocycles. The number of piperidine rings is 1. The van der Waals surface area contributed by atoms with Gasteiger partial charge in [0, 0.05) is 44.5 Å². The van der Waals surface area contributed by atoms with Gasteiger partial charge >= 0.3 is 12.1 Å². The number of aliphatic imine (C=N–C) groups is 1. The number of nitrogens with zero attached hydrogens (tertiary/aromatic N) is 3. The summed E-state index contributed by atoms with van der Waals surface area (Å²) in [5, 5.41) is 15.4. The van der Waals surface area contributed by atoms with Crippen LogP contribution in [0.1, 0.15) is 68.6 Å². The van der Waals surface area contributed by atoms with Crippen LogP contribution in [0.4, 0.5) is 18.9 Å². The van der Waals surface area contributed by atoms with Gasteiger partial charge in [0.05, 0.1) is 23.6 Å². The van der Waals surface area contributed by atoms with E-state index in [0.29, 0.717) is 47.4 Å². The first-order chi connectivity index (χ1) is 21.8. The number of carbonyl (C=O) groups is 1. The fourth-order valence-corrected chi connectivity index (χ4v) is 7.33. The van der Waals surface area contributed by atoms with E-state index in [1.54, 1.807) is 24.3 Å². The van der Waals surface area contributed by atoms with E-state index in [0.717, 1.165) is 44.1 Å². The minimum absolute atomic E-state index is 0.173. The third kappa shape index (κ3) is 8.59. The second-order valence-electron chi connectivity index (χ2n) is 11.3. The molecule has 2 heterocycles. The van der Waals surface area contributed by atoms with Crippen molar-refractivity contribution < 1.29 is 36.2 Å². The van der Waals surface area contributed by atoms with Gasteiger partial charge < -0.3 is 20.5 Å². The van der Waals surface area contributed by atoms with Gasteiger partial charge in [0.25, 0.3) is 0 Å². The molecule has 0 aromatic heterocycles. The van der Waals surface area contributed by atoms with Crippen molar-refractivity contribution in [3.05, 3.63) is 65.2 Å². The molecule has 14 heteroatoms. The molecule has 0 spiro atoms. The molecule has 2 aliphatic rings. The molecule has 1 unspecified atom stereocenters. The van der Waals surface area contributed by atoms with E-state index < -0.39 is 51.4 Å². The van der Waals surface area contributed by atoms with Gasteiger partial charge in [-0.25, -0.2) is 8.42 Å². The third-order valence-electron chi connectivity index (χ3n) is 8.10. The molecule has 1 atom stereocenters. The Balaban J connectivity index is 1.61. The van der Waals surface area contributed by atoms with Crippen molar-refractivity contribution in [2.24, 2.45) is 10.7 Å². The monoisotopic (exact) mass is 663 g/mol. The van der Waals surface area contributed by atoms with Crippen LogP contribution >= 0.6 is 0 Å². The molecule has 0 bridgehead atoms. The molecule has 2 aliphatic heterocycles. The van der Waals surface area contributed by atoms with Crippen LogP contribution in [0.25, 0.3) is 6.08 Å². The van der Waals surface area contributed by atoms with Crippen LogP contribution in [-0.2, 0) is 21.0 Å². The topological polar surface area (TPSA) is 149 Å². The highest BCUT2D eigenvalue weighted by Crippen LogP contribution is 2.40. The van der Waals surface area contributed by atoms with Crippen LogP contribution in [0.2, 0.25) is 0 Å². The Bertz CT molecular complexity index is 1570. The number of anilines is 1. The van der Waals surface area contributed by atoms with Crippen LogP contribution in [0.3, 0.4) is 0 Å². The molecule has 10 nitrogen and oxygen atoms in total. The number of likely N-dealkylation sites (tertiary alicyclic amines) is 1. The quantitative estimate of drug-likeness (QED) is 0.212. The lowest BCUT2D eigenvalue weighted by Gasteiger charge is -2.35. The molecule has 2 aromatic carbocycles. The molecule has 1 fully saturated rings. The zero-order chi connectivity index (χ0) is 33.5. The average molecular weight is 664 g/mol. The summed E-state index contributed by atoms with van der Waals surface area (Å²) in [6.07, 6.45) is 2.42. The van der Waals surface area contributed by atoms with E-state index >= 15 is 0 Å². The molecule has 1 saturated heterocycles. The molecular formula is C32H40F3N5O5S. The number of nitrogens with two attached hydrogens (primary N) is 1. The molecular weight excluding hydrogens is 623 g/mol. The molecule has 4 rings (SSSR count). The molecule has 0 radical (unpaired) electrons. The molecule has 250 valence electrons. The summed E-state index contributed by atoms with van der Waals surface area (Å²) >= 11 is 0. The highest BCUT2D eigenvalue weighted by Gasteiger charge is 2.40. The minimum Gasteiger partial charge on any atom is -0.490 e. The number of carboxylic acid groups (broad SMARTS) is 1. The summed E-state index contributed by atoms with van der Waals surface area (Å²) in [6, 6.07) is 9.53. The molecule has 2 aromatic rings. The average Bonchev–Trinajstić information content (AvgIpc) is 3.29. The first-order valence-corrected chi connectivity index (χ1v) is 16.8. The lowest BCUT2D eigenvalue weighted by atomic mass is 10.1. The van der Waals surface area contributed by atoms with Crippen LogP contribution in [-0.4, -0.2) is 73.6 Å². The number of hydrogen-bond donors (Lipinski definition) is 3. The van der Waals surface area contributed by atoms with Gasteiger partial charge in [-0.05, 0) is 49.1 Å². The number of alkyl halides is 3. The third-order valence-corrected chi connectivity index (χ3v) is 10.3. The molecule has 0 aliphatic carbocycles. The van der Waals surface area contributed by atoms with Gasteiger partial charge in [0.2, 0.25) is 10.0 Å². The number of nitrogens with one attached hydrogen (secondary N) is 1. The van der Waals surface area contributed by atoms with E-state index in [1.165, 1.54) is 25.1 Å². The number of amidine groups is 2. The summed E-state index contributed by atoms with van der Waals surface area (Å²) in [5.41, 5.74) is 5.03. The number of hydrogen-bond acceptors (Lipinski definition) is 7. The van der Waals surface area contributed by atoms with Crippen molar-refractivity contribution in [1.82, 2.24) is 4.90 Å². The fraction of sp³-hybridized carbons (Fsp3) is 0.469. The predicted molar refractivity (Wildman–Crippen MR) is 172 cm³/mol. The summed E-state index contributed by atoms with van der Waals surface area (Å²) in [6.45, 7) is 2.95. The number of nitrogen functional groups attached to an aromatic ring is 1. The van der Waals surface area contributed by atoms with E-state index in [1.807, 2.05) is 0 Å². The summed E-state index contributed by atoms with van der Waals surface area (Å²) < 4.78 is 76.9. The highest BCUT2D eigenvalue weighted by atomic mass is 32.2. The van der Waals surface area contributed by atoms with Crippen molar-refractivity contribution in [2.75, 3.05) is 30.5 Å². The Morgan fingerprint density at radius 2 is 1.93 bits per heavy atom. The SMILES string of the molecule is CCC(C(=O)O)S(=O)(=O)N(C/C=C/c1cccc(C(=N)N)c1)c1ccc(OC2CCN(C3=NCCCCC3)CC2)c(C(F)(F)F)c1. The van der Waals surface area contributed by atoms with Crippen molar-refractivity contribution in [2.45, 2.75) is 69.4 Å². The number of benzene rings is 2. The van der Waals surface area contributed by atoms with Gasteiger partial charge in [-0.15, -0.1) is 0 Å². The lowest BCUT2D eigenvalue weighted by Crippen LogP contribution is -2.43. The summed E-state index contributed by atoms with van der Waals surface area (Å²) in [5.74, 6) is -1.15. The predicted octanol–water partition coefficient (Wildman–Crippen LogP) is 5.52. The first-order valence-electron chi connectivity index (χ1n) is 15.3. The van der Waals surface area contributed by atoms with Crippen molar-refractivity contribution in [3.8, 4) is 5.75 Å². The number of sulfonamides is 1. The first kappa shape index (κ1) is 34.8. The van der Waals surface area contributed by atoms with Crippen molar-refractivity contribution in [3.63, 3.8) is 0 Å². The van der Waals surface area contributed by atoms with Crippen molar-refractivity contribution in [1.29, 1.82) is 5.41 Å². The normalized spacial score (nSPS) is 17.3. The lowest BCUT2D eigenvalue weighted by molar-refractivity contribution is -0.139. The van der Waals surface area contributed by atoms with E-state index in [4.69, 9.17) is 15.9 Å². The van der Waals surface area contributed by atoms with Crippen LogP contribution < -0.4 is 14.8 Å².